The third-order valence-electron chi connectivity index (χ3n) is 3.62. The molecule has 0 fully saturated rings. The first-order chi connectivity index (χ1) is 9.78. The van der Waals surface area contributed by atoms with Gasteiger partial charge in [-0.15, -0.1) is 0 Å². The number of fused-ring (bicyclic) bond motifs is 1. The van der Waals surface area contributed by atoms with E-state index in [0.29, 0.717) is 6.54 Å². The van der Waals surface area contributed by atoms with Crippen molar-refractivity contribution >= 4 is 5.69 Å². The van der Waals surface area contributed by atoms with Crippen molar-refractivity contribution in [3.8, 4) is 11.8 Å². The van der Waals surface area contributed by atoms with Gasteiger partial charge in [-0.05, 0) is 35.7 Å². The van der Waals surface area contributed by atoms with Crippen LogP contribution in [0.25, 0.3) is 0 Å². The number of benzene rings is 2. The molecule has 20 heavy (non-hydrogen) atoms. The van der Waals surface area contributed by atoms with Gasteiger partial charge in [-0.2, -0.15) is 5.26 Å². The molecule has 0 amide bonds. The molecule has 3 nitrogen and oxygen atoms in total. The summed E-state index contributed by atoms with van der Waals surface area (Å²) in [5, 5.41) is 12.6. The topological polar surface area (TPSA) is 45.0 Å². The van der Waals surface area contributed by atoms with Crippen LogP contribution < -0.4 is 10.1 Å². The van der Waals surface area contributed by atoms with E-state index in [4.69, 9.17) is 4.74 Å². The van der Waals surface area contributed by atoms with Gasteiger partial charge < -0.3 is 10.1 Å². The Kier molecular flexibility index (Phi) is 3.30. The molecule has 3 rings (SSSR count). The summed E-state index contributed by atoms with van der Waals surface area (Å²) in [6.45, 7) is 3.45. The van der Waals surface area contributed by atoms with Crippen molar-refractivity contribution in [3.05, 3.63) is 58.7 Å². The number of hydrogen-bond acceptors (Lipinski definition) is 3. The molecule has 0 bridgehead atoms. The van der Waals surface area contributed by atoms with E-state index < -0.39 is 0 Å². The zero-order chi connectivity index (χ0) is 13.9. The normalized spacial score (nSPS) is 12.4. The molecule has 0 spiro atoms. The quantitative estimate of drug-likeness (QED) is 0.924. The Hall–Kier alpha value is -2.47. The van der Waals surface area contributed by atoms with Crippen molar-refractivity contribution in [3.63, 3.8) is 0 Å². The van der Waals surface area contributed by atoms with Gasteiger partial charge in [0.15, 0.2) is 0 Å². The highest BCUT2D eigenvalue weighted by atomic mass is 16.5. The van der Waals surface area contributed by atoms with Crippen LogP contribution in [0.2, 0.25) is 0 Å². The molecule has 1 N–H and O–H groups in total. The molecular formula is C17H16N2O. The van der Waals surface area contributed by atoms with E-state index in [2.05, 4.69) is 23.5 Å². The van der Waals surface area contributed by atoms with Gasteiger partial charge in [0, 0.05) is 13.0 Å². The zero-order valence-electron chi connectivity index (χ0n) is 11.4. The van der Waals surface area contributed by atoms with Gasteiger partial charge in [-0.3, -0.25) is 0 Å². The second kappa shape index (κ2) is 5.26. The Labute approximate surface area is 118 Å². The number of nitrogens with zero attached hydrogens (tertiary/aromatic N) is 1. The molecule has 0 aromatic heterocycles. The number of rotatable bonds is 3. The first-order valence-corrected chi connectivity index (χ1v) is 6.76. The van der Waals surface area contributed by atoms with Crippen LogP contribution >= 0.6 is 0 Å². The molecule has 100 valence electrons. The molecule has 2 aromatic rings. The largest absolute Gasteiger partial charge is 0.493 e. The summed E-state index contributed by atoms with van der Waals surface area (Å²) in [6, 6.07) is 14.4. The van der Waals surface area contributed by atoms with Gasteiger partial charge in [-0.1, -0.05) is 24.3 Å². The Balaban J connectivity index is 1.77. The minimum atomic E-state index is 0.714. The minimum Gasteiger partial charge on any atom is -0.493 e. The highest BCUT2D eigenvalue weighted by Gasteiger charge is 2.12. The summed E-state index contributed by atoms with van der Waals surface area (Å²) in [6.07, 6.45) is 0.983. The average Bonchev–Trinajstić information content (AvgIpc) is 2.92. The number of nitriles is 1. The fourth-order valence-corrected chi connectivity index (χ4v) is 2.51. The van der Waals surface area contributed by atoms with Gasteiger partial charge in [0.25, 0.3) is 0 Å². The number of ether oxygens (including phenoxy) is 1. The number of nitrogens with one attached hydrogen (secondary N) is 1. The van der Waals surface area contributed by atoms with E-state index in [-0.39, 0.29) is 0 Å². The molecular weight excluding hydrogens is 248 g/mol. The van der Waals surface area contributed by atoms with E-state index in [1.54, 1.807) is 0 Å². The van der Waals surface area contributed by atoms with Crippen molar-refractivity contribution in [1.82, 2.24) is 0 Å². The molecule has 0 unspecified atom stereocenters. The van der Waals surface area contributed by atoms with E-state index in [0.717, 1.165) is 35.6 Å². The summed E-state index contributed by atoms with van der Waals surface area (Å²) < 4.78 is 5.50. The lowest BCUT2D eigenvalue weighted by Crippen LogP contribution is -2.02. The molecule has 1 aliphatic rings. The van der Waals surface area contributed by atoms with Gasteiger partial charge in [0.2, 0.25) is 0 Å². The second-order valence-electron chi connectivity index (χ2n) is 5.00. The van der Waals surface area contributed by atoms with Crippen LogP contribution in [0, 0.1) is 18.3 Å². The Morgan fingerprint density at radius 1 is 1.30 bits per heavy atom. The number of aryl methyl sites for hydroxylation is 1. The van der Waals surface area contributed by atoms with Gasteiger partial charge >= 0.3 is 0 Å². The second-order valence-corrected chi connectivity index (χ2v) is 5.00. The zero-order valence-corrected chi connectivity index (χ0v) is 11.4. The van der Waals surface area contributed by atoms with Crippen LogP contribution in [-0.2, 0) is 13.0 Å². The third-order valence-corrected chi connectivity index (χ3v) is 3.62. The lowest BCUT2D eigenvalue weighted by molar-refractivity contribution is 0.357. The maximum absolute atomic E-state index is 9.22. The Bertz CT molecular complexity index is 686. The predicted molar refractivity (Wildman–Crippen MR) is 78.9 cm³/mol. The monoisotopic (exact) mass is 264 g/mol. The standard InChI is InChI=1S/C17H16N2O/c1-12-3-2-4-16(15(12)10-18)19-11-13-5-6-17-14(9-13)7-8-20-17/h2-6,9,19H,7-8,11H2,1H3. The van der Waals surface area contributed by atoms with Crippen LogP contribution in [-0.4, -0.2) is 6.61 Å². The summed E-state index contributed by atoms with van der Waals surface area (Å²) in [7, 11) is 0. The molecule has 0 saturated carbocycles. The Morgan fingerprint density at radius 3 is 3.05 bits per heavy atom. The molecule has 0 saturated heterocycles. The minimum absolute atomic E-state index is 0.714. The molecule has 0 aliphatic carbocycles. The van der Waals surface area contributed by atoms with Crippen molar-refractivity contribution in [2.24, 2.45) is 0 Å². The lowest BCUT2D eigenvalue weighted by Gasteiger charge is -2.10. The molecule has 1 heterocycles. The fourth-order valence-electron chi connectivity index (χ4n) is 2.51. The van der Waals surface area contributed by atoms with Crippen molar-refractivity contribution < 1.29 is 4.74 Å². The van der Waals surface area contributed by atoms with Crippen LogP contribution in [0.4, 0.5) is 5.69 Å². The van der Waals surface area contributed by atoms with E-state index in [1.165, 1.54) is 11.1 Å². The first-order valence-electron chi connectivity index (χ1n) is 6.76. The molecule has 0 atom stereocenters. The summed E-state index contributed by atoms with van der Waals surface area (Å²) in [5.74, 6) is 1.00. The van der Waals surface area contributed by atoms with Crippen molar-refractivity contribution in [2.45, 2.75) is 19.9 Å². The molecule has 2 aromatic carbocycles. The number of anilines is 1. The lowest BCUT2D eigenvalue weighted by atomic mass is 10.1. The average molecular weight is 264 g/mol. The molecule has 0 radical (unpaired) electrons. The first kappa shape index (κ1) is 12.6. The van der Waals surface area contributed by atoms with Gasteiger partial charge in [0.1, 0.15) is 11.8 Å². The van der Waals surface area contributed by atoms with Crippen LogP contribution in [0.1, 0.15) is 22.3 Å². The molecule has 1 aliphatic heterocycles. The van der Waals surface area contributed by atoms with Crippen LogP contribution in [0.15, 0.2) is 36.4 Å². The van der Waals surface area contributed by atoms with Crippen LogP contribution in [0.5, 0.6) is 5.75 Å². The summed E-state index contributed by atoms with van der Waals surface area (Å²) >= 11 is 0. The van der Waals surface area contributed by atoms with Gasteiger partial charge in [-0.25, -0.2) is 0 Å². The highest BCUT2D eigenvalue weighted by Crippen LogP contribution is 2.26. The maximum atomic E-state index is 9.22. The predicted octanol–water partition coefficient (Wildman–Crippen LogP) is 3.41. The summed E-state index contributed by atoms with van der Waals surface area (Å²) in [4.78, 5) is 0. The maximum Gasteiger partial charge on any atom is 0.122 e. The SMILES string of the molecule is Cc1cccc(NCc2ccc3c(c2)CCO3)c1C#N. The third kappa shape index (κ3) is 2.33. The smallest absolute Gasteiger partial charge is 0.122 e. The number of hydrogen-bond donors (Lipinski definition) is 1. The Morgan fingerprint density at radius 2 is 2.20 bits per heavy atom. The van der Waals surface area contributed by atoms with E-state index in [1.807, 2.05) is 31.2 Å². The van der Waals surface area contributed by atoms with Crippen molar-refractivity contribution in [2.75, 3.05) is 11.9 Å². The van der Waals surface area contributed by atoms with E-state index in [9.17, 15) is 5.26 Å². The van der Waals surface area contributed by atoms with Crippen LogP contribution in [0.3, 0.4) is 0 Å². The van der Waals surface area contributed by atoms with E-state index >= 15 is 0 Å². The van der Waals surface area contributed by atoms with Gasteiger partial charge in [0.05, 0.1) is 17.9 Å². The highest BCUT2D eigenvalue weighted by molar-refractivity contribution is 5.60. The van der Waals surface area contributed by atoms with Crippen molar-refractivity contribution in [1.29, 1.82) is 5.26 Å². The summed E-state index contributed by atoms with van der Waals surface area (Å²) in [5.41, 5.74) is 5.09. The molecule has 3 heteroatoms. The fraction of sp³-hybridized carbons (Fsp3) is 0.235.